The van der Waals surface area contributed by atoms with E-state index in [4.69, 9.17) is 0 Å². The summed E-state index contributed by atoms with van der Waals surface area (Å²) in [4.78, 5) is 2.24. The van der Waals surface area contributed by atoms with E-state index in [1.54, 1.807) is 0 Å². The number of hydrogen-bond acceptors (Lipinski definition) is 0. The molecule has 1 aromatic carbocycles. The third kappa shape index (κ3) is 1.71. The fourth-order valence-electron chi connectivity index (χ4n) is 1.06. The molecule has 2 aromatic rings. The van der Waals surface area contributed by atoms with Gasteiger partial charge in [0.05, 0.1) is 0 Å². The molecular weight excluding hydrogens is 279 g/mol. The van der Waals surface area contributed by atoms with Gasteiger partial charge in [-0.05, 0) is 0 Å². The van der Waals surface area contributed by atoms with Crippen molar-refractivity contribution in [3.05, 3.63) is 45.8 Å². The summed E-state index contributed by atoms with van der Waals surface area (Å²) in [5, 5.41) is 0. The van der Waals surface area contributed by atoms with Gasteiger partial charge in [0, 0.05) is 0 Å². The number of hydrogen-bond donors (Lipinski definition) is 0. The molecule has 0 unspecified atom stereocenters. The molecule has 0 radical (unpaired) electrons. The van der Waals surface area contributed by atoms with Gasteiger partial charge in [0.25, 0.3) is 0 Å². The number of rotatable bonds is 1. The quantitative estimate of drug-likeness (QED) is 0.706. The van der Waals surface area contributed by atoms with Crippen molar-refractivity contribution in [1.29, 1.82) is 0 Å². The standard InChI is InChI=1S/C10H7BrSe/c11-9-5-3-8(4-6-9)10-2-1-7-12-10/h1-7H. The van der Waals surface area contributed by atoms with E-state index in [1.165, 1.54) is 10.0 Å². The molecule has 1 aromatic heterocycles. The topological polar surface area (TPSA) is 0 Å². The molecule has 0 aliphatic rings. The Labute approximate surface area is 86.1 Å². The van der Waals surface area contributed by atoms with Crippen LogP contribution in [0.25, 0.3) is 10.0 Å². The Kier molecular flexibility index (Phi) is 2.50. The van der Waals surface area contributed by atoms with Crippen LogP contribution in [0, 0.1) is 0 Å². The second-order valence-corrected chi connectivity index (χ2v) is 5.39. The average Bonchev–Trinajstić information content (AvgIpc) is 2.58. The normalized spacial score (nSPS) is 10.1. The zero-order chi connectivity index (χ0) is 8.39. The predicted molar refractivity (Wildman–Crippen MR) is 56.5 cm³/mol. The fraction of sp³-hybridized carbons (Fsp3) is 0. The van der Waals surface area contributed by atoms with E-state index in [0.717, 1.165) is 4.47 Å². The Morgan fingerprint density at radius 3 is 2.33 bits per heavy atom. The number of halogens is 1. The fourth-order valence-corrected chi connectivity index (χ4v) is 2.86. The zero-order valence-corrected chi connectivity index (χ0v) is 9.63. The molecule has 0 N–H and O–H groups in total. The molecule has 0 atom stereocenters. The zero-order valence-electron chi connectivity index (χ0n) is 6.33. The predicted octanol–water partition coefficient (Wildman–Crippen LogP) is 3.17. The van der Waals surface area contributed by atoms with Crippen LogP contribution in [0.3, 0.4) is 0 Å². The first-order valence-electron chi connectivity index (χ1n) is 3.66. The molecule has 0 bridgehead atoms. The summed E-state index contributed by atoms with van der Waals surface area (Å²) in [5.74, 6) is 0. The van der Waals surface area contributed by atoms with Crippen molar-refractivity contribution in [3.8, 4) is 10.0 Å². The molecule has 0 saturated heterocycles. The molecule has 2 heteroatoms. The maximum absolute atomic E-state index is 3.42. The van der Waals surface area contributed by atoms with Crippen molar-refractivity contribution in [2.45, 2.75) is 0 Å². The first-order chi connectivity index (χ1) is 5.86. The molecule has 0 fully saturated rings. The van der Waals surface area contributed by atoms with E-state index < -0.39 is 0 Å². The molecule has 12 heavy (non-hydrogen) atoms. The summed E-state index contributed by atoms with van der Waals surface area (Å²) in [7, 11) is 0. The first kappa shape index (κ1) is 8.30. The van der Waals surface area contributed by atoms with Crippen molar-refractivity contribution in [1.82, 2.24) is 0 Å². The van der Waals surface area contributed by atoms with Crippen LogP contribution in [-0.2, 0) is 0 Å². The van der Waals surface area contributed by atoms with Gasteiger partial charge < -0.3 is 0 Å². The van der Waals surface area contributed by atoms with E-state index in [-0.39, 0.29) is 0 Å². The van der Waals surface area contributed by atoms with E-state index in [9.17, 15) is 0 Å². The van der Waals surface area contributed by atoms with E-state index in [2.05, 4.69) is 57.3 Å². The van der Waals surface area contributed by atoms with Crippen LogP contribution in [0.4, 0.5) is 0 Å². The van der Waals surface area contributed by atoms with Gasteiger partial charge in [-0.3, -0.25) is 0 Å². The van der Waals surface area contributed by atoms with Crippen molar-refractivity contribution in [2.24, 2.45) is 0 Å². The Balaban J connectivity index is 2.43. The van der Waals surface area contributed by atoms with Gasteiger partial charge >= 0.3 is 86.2 Å². The second-order valence-electron chi connectivity index (χ2n) is 2.48. The summed E-state index contributed by atoms with van der Waals surface area (Å²) in [6.07, 6.45) is 0. The van der Waals surface area contributed by atoms with E-state index >= 15 is 0 Å². The number of benzene rings is 1. The minimum atomic E-state index is 0.549. The van der Waals surface area contributed by atoms with Crippen LogP contribution in [0.1, 0.15) is 0 Å². The van der Waals surface area contributed by atoms with Gasteiger partial charge in [0.1, 0.15) is 0 Å². The summed E-state index contributed by atoms with van der Waals surface area (Å²) in [6.45, 7) is 0. The Morgan fingerprint density at radius 1 is 1.00 bits per heavy atom. The minimum absolute atomic E-state index is 0.549. The summed E-state index contributed by atoms with van der Waals surface area (Å²) < 4.78 is 2.61. The third-order valence-corrected chi connectivity index (χ3v) is 4.11. The van der Waals surface area contributed by atoms with Gasteiger partial charge in [-0.15, -0.1) is 0 Å². The molecular formula is C10H7BrSe. The summed E-state index contributed by atoms with van der Waals surface area (Å²) >= 11 is 3.97. The van der Waals surface area contributed by atoms with Crippen molar-refractivity contribution < 1.29 is 0 Å². The van der Waals surface area contributed by atoms with E-state index in [0.29, 0.717) is 14.5 Å². The maximum atomic E-state index is 3.42. The van der Waals surface area contributed by atoms with Crippen LogP contribution >= 0.6 is 15.9 Å². The van der Waals surface area contributed by atoms with Gasteiger partial charge in [-0.2, -0.15) is 0 Å². The second kappa shape index (κ2) is 3.61. The van der Waals surface area contributed by atoms with Gasteiger partial charge in [-0.1, -0.05) is 0 Å². The monoisotopic (exact) mass is 286 g/mol. The van der Waals surface area contributed by atoms with Crippen molar-refractivity contribution >= 4 is 30.4 Å². The molecule has 0 amide bonds. The van der Waals surface area contributed by atoms with Crippen molar-refractivity contribution in [3.63, 3.8) is 0 Å². The average molecular weight is 286 g/mol. The summed E-state index contributed by atoms with van der Waals surface area (Å²) in [5.41, 5.74) is 1.35. The van der Waals surface area contributed by atoms with Crippen LogP contribution in [-0.4, -0.2) is 14.5 Å². The Morgan fingerprint density at radius 2 is 1.75 bits per heavy atom. The van der Waals surface area contributed by atoms with Crippen LogP contribution < -0.4 is 0 Å². The molecule has 0 aliphatic heterocycles. The Bertz CT molecular complexity index is 348. The molecule has 60 valence electrons. The SMILES string of the molecule is Brc1ccc(-c2ccc[se]2)cc1. The van der Waals surface area contributed by atoms with Gasteiger partial charge in [0.2, 0.25) is 0 Å². The Hall–Kier alpha value is -0.301. The molecule has 1 heterocycles. The molecule has 0 saturated carbocycles. The van der Waals surface area contributed by atoms with Gasteiger partial charge in [-0.25, -0.2) is 0 Å². The summed E-state index contributed by atoms with van der Waals surface area (Å²) in [6, 6.07) is 12.8. The molecule has 0 spiro atoms. The van der Waals surface area contributed by atoms with Crippen LogP contribution in [0.5, 0.6) is 0 Å². The van der Waals surface area contributed by atoms with E-state index in [1.807, 2.05) is 0 Å². The van der Waals surface area contributed by atoms with Crippen molar-refractivity contribution in [2.75, 3.05) is 0 Å². The van der Waals surface area contributed by atoms with Crippen LogP contribution in [0.2, 0.25) is 0 Å². The van der Waals surface area contributed by atoms with Gasteiger partial charge in [0.15, 0.2) is 0 Å². The first-order valence-corrected chi connectivity index (χ1v) is 6.29. The third-order valence-electron chi connectivity index (χ3n) is 1.65. The molecule has 2 rings (SSSR count). The van der Waals surface area contributed by atoms with Crippen LogP contribution in [0.15, 0.2) is 45.8 Å². The molecule has 0 nitrogen and oxygen atoms in total. The molecule has 0 aliphatic carbocycles.